The number of benzene rings is 1. The van der Waals surface area contributed by atoms with E-state index in [0.717, 1.165) is 70.4 Å². The lowest BCUT2D eigenvalue weighted by Gasteiger charge is -2.34. The summed E-state index contributed by atoms with van der Waals surface area (Å²) in [5.41, 5.74) is 0. The highest BCUT2D eigenvalue weighted by Gasteiger charge is 2.21. The number of rotatable bonds is 10. The number of piperidine rings is 1. The van der Waals surface area contributed by atoms with Gasteiger partial charge in [0.05, 0.1) is 12.6 Å². The van der Waals surface area contributed by atoms with Gasteiger partial charge in [-0.15, -0.1) is 35.7 Å². The lowest BCUT2D eigenvalue weighted by molar-refractivity contribution is 0.00991. The summed E-state index contributed by atoms with van der Waals surface area (Å²) in [4.78, 5) is 8.49. The number of aliphatic imine (C=N–C) groups is 1. The number of halogens is 1. The van der Waals surface area contributed by atoms with Crippen LogP contribution in [0.3, 0.4) is 0 Å². The van der Waals surface area contributed by atoms with Gasteiger partial charge in [0.2, 0.25) is 0 Å². The second kappa shape index (κ2) is 15.4. The minimum atomic E-state index is 0. The Morgan fingerprint density at radius 1 is 1.22 bits per heavy atom. The molecule has 0 unspecified atom stereocenters. The van der Waals surface area contributed by atoms with Crippen molar-refractivity contribution in [2.24, 2.45) is 4.99 Å². The SMILES string of the molecule is CCNC(=NCCSc1ccccc1)N1CCC(OCCCOC)CC1.I. The Hall–Kier alpha value is -0.510. The van der Waals surface area contributed by atoms with E-state index in [0.29, 0.717) is 6.10 Å². The molecule has 7 heteroatoms. The quantitative estimate of drug-likeness (QED) is 0.171. The minimum Gasteiger partial charge on any atom is -0.385 e. The zero-order valence-corrected chi connectivity index (χ0v) is 19.7. The van der Waals surface area contributed by atoms with Crippen LogP contribution in [0.25, 0.3) is 0 Å². The molecule has 5 nitrogen and oxygen atoms in total. The van der Waals surface area contributed by atoms with Crippen molar-refractivity contribution in [3.8, 4) is 0 Å². The first-order chi connectivity index (χ1) is 12.8. The lowest BCUT2D eigenvalue weighted by atomic mass is 10.1. The third kappa shape index (κ3) is 10.0. The fourth-order valence-corrected chi connectivity index (χ4v) is 3.71. The summed E-state index contributed by atoms with van der Waals surface area (Å²) >= 11 is 1.86. The van der Waals surface area contributed by atoms with Gasteiger partial charge < -0.3 is 19.7 Å². The Kier molecular flexibility index (Phi) is 14.0. The highest BCUT2D eigenvalue weighted by molar-refractivity contribution is 14.0. The van der Waals surface area contributed by atoms with Gasteiger partial charge in [0.1, 0.15) is 0 Å². The molecule has 27 heavy (non-hydrogen) atoms. The van der Waals surface area contributed by atoms with Gasteiger partial charge in [-0.25, -0.2) is 0 Å². The van der Waals surface area contributed by atoms with Crippen LogP contribution in [0, 0.1) is 0 Å². The Labute approximate surface area is 185 Å². The second-order valence-corrected chi connectivity index (χ2v) is 7.47. The molecule has 0 bridgehead atoms. The van der Waals surface area contributed by atoms with Crippen molar-refractivity contribution >= 4 is 41.7 Å². The molecular formula is C20H34IN3O2S. The summed E-state index contributed by atoms with van der Waals surface area (Å²) in [5.74, 6) is 2.04. The van der Waals surface area contributed by atoms with Crippen molar-refractivity contribution < 1.29 is 9.47 Å². The van der Waals surface area contributed by atoms with Gasteiger partial charge in [0, 0.05) is 50.6 Å². The van der Waals surface area contributed by atoms with Crippen molar-refractivity contribution in [2.45, 2.75) is 37.2 Å². The molecule has 1 N–H and O–H groups in total. The van der Waals surface area contributed by atoms with Crippen molar-refractivity contribution in [3.05, 3.63) is 30.3 Å². The van der Waals surface area contributed by atoms with Crippen molar-refractivity contribution in [2.75, 3.05) is 52.3 Å². The molecule has 0 spiro atoms. The highest BCUT2D eigenvalue weighted by atomic mass is 127. The molecule has 1 aliphatic rings. The molecule has 0 aromatic heterocycles. The van der Waals surface area contributed by atoms with Gasteiger partial charge in [-0.05, 0) is 38.3 Å². The van der Waals surface area contributed by atoms with Gasteiger partial charge in [0.25, 0.3) is 0 Å². The smallest absolute Gasteiger partial charge is 0.193 e. The zero-order valence-electron chi connectivity index (χ0n) is 16.6. The number of nitrogens with zero attached hydrogens (tertiary/aromatic N) is 2. The first-order valence-electron chi connectivity index (χ1n) is 9.65. The van der Waals surface area contributed by atoms with Crippen LogP contribution in [0.2, 0.25) is 0 Å². The Balaban J connectivity index is 0.00000364. The normalized spacial score (nSPS) is 15.5. The van der Waals surface area contributed by atoms with Gasteiger partial charge in [0.15, 0.2) is 5.96 Å². The average Bonchev–Trinajstić information content (AvgIpc) is 2.69. The molecule has 1 fully saturated rings. The van der Waals surface area contributed by atoms with E-state index in [1.165, 1.54) is 4.90 Å². The molecule has 0 atom stereocenters. The topological polar surface area (TPSA) is 46.1 Å². The lowest BCUT2D eigenvalue weighted by Crippen LogP contribution is -2.47. The molecule has 1 aliphatic heterocycles. The summed E-state index contributed by atoms with van der Waals surface area (Å²) < 4.78 is 11.0. The number of guanidine groups is 1. The van der Waals surface area contributed by atoms with E-state index in [4.69, 9.17) is 14.5 Å². The number of thioether (sulfide) groups is 1. The van der Waals surface area contributed by atoms with Crippen LogP contribution in [0.5, 0.6) is 0 Å². The molecular weight excluding hydrogens is 473 g/mol. The standard InChI is InChI=1S/C20H33N3O2S.HI/c1-3-21-20(22-12-17-26-19-8-5-4-6-9-19)23-13-10-18(11-14-23)25-16-7-15-24-2;/h4-6,8-9,18H,3,7,10-17H2,1-2H3,(H,21,22);1H. The van der Waals surface area contributed by atoms with E-state index in [1.807, 2.05) is 11.8 Å². The highest BCUT2D eigenvalue weighted by Crippen LogP contribution is 2.17. The summed E-state index contributed by atoms with van der Waals surface area (Å²) in [7, 11) is 1.73. The molecule has 1 saturated heterocycles. The third-order valence-electron chi connectivity index (χ3n) is 4.29. The average molecular weight is 507 g/mol. The molecule has 1 aromatic rings. The summed E-state index contributed by atoms with van der Waals surface area (Å²) in [5, 5.41) is 3.44. The predicted molar refractivity (Wildman–Crippen MR) is 126 cm³/mol. The van der Waals surface area contributed by atoms with Crippen LogP contribution in [0.1, 0.15) is 26.2 Å². The summed E-state index contributed by atoms with van der Waals surface area (Å²) in [6.45, 7) is 7.44. The maximum Gasteiger partial charge on any atom is 0.193 e. The zero-order chi connectivity index (χ0) is 18.5. The molecule has 0 amide bonds. The van der Waals surface area contributed by atoms with Crippen LogP contribution < -0.4 is 5.32 Å². The third-order valence-corrected chi connectivity index (χ3v) is 5.28. The number of nitrogens with one attached hydrogen (secondary N) is 1. The fourth-order valence-electron chi connectivity index (χ4n) is 2.95. The van der Waals surface area contributed by atoms with E-state index in [9.17, 15) is 0 Å². The van der Waals surface area contributed by atoms with Crippen molar-refractivity contribution in [1.29, 1.82) is 0 Å². The summed E-state index contributed by atoms with van der Waals surface area (Å²) in [6.07, 6.45) is 3.48. The van der Waals surface area contributed by atoms with Crippen LogP contribution in [0.4, 0.5) is 0 Å². The number of hydrogen-bond donors (Lipinski definition) is 1. The van der Waals surface area contributed by atoms with Crippen LogP contribution in [-0.4, -0.2) is 69.2 Å². The maximum atomic E-state index is 5.95. The van der Waals surface area contributed by atoms with Gasteiger partial charge in [-0.3, -0.25) is 4.99 Å². The molecule has 1 aromatic carbocycles. The van der Waals surface area contributed by atoms with E-state index in [2.05, 4.69) is 47.5 Å². The monoisotopic (exact) mass is 507 g/mol. The summed E-state index contributed by atoms with van der Waals surface area (Å²) in [6, 6.07) is 10.5. The molecule has 0 radical (unpaired) electrons. The first-order valence-corrected chi connectivity index (χ1v) is 10.6. The van der Waals surface area contributed by atoms with Gasteiger partial charge in [-0.2, -0.15) is 0 Å². The molecule has 2 rings (SSSR count). The molecule has 0 aliphatic carbocycles. The molecule has 0 saturated carbocycles. The van der Waals surface area contributed by atoms with Gasteiger partial charge >= 0.3 is 0 Å². The number of methoxy groups -OCH3 is 1. The van der Waals surface area contributed by atoms with E-state index >= 15 is 0 Å². The maximum absolute atomic E-state index is 5.95. The van der Waals surface area contributed by atoms with E-state index < -0.39 is 0 Å². The largest absolute Gasteiger partial charge is 0.385 e. The Bertz CT molecular complexity index is 511. The number of likely N-dealkylation sites (tertiary alicyclic amines) is 1. The fraction of sp³-hybridized carbons (Fsp3) is 0.650. The second-order valence-electron chi connectivity index (χ2n) is 6.30. The molecule has 154 valence electrons. The van der Waals surface area contributed by atoms with Crippen LogP contribution >= 0.6 is 35.7 Å². The van der Waals surface area contributed by atoms with Crippen molar-refractivity contribution in [3.63, 3.8) is 0 Å². The van der Waals surface area contributed by atoms with Crippen LogP contribution in [0.15, 0.2) is 40.2 Å². The van der Waals surface area contributed by atoms with Crippen LogP contribution in [-0.2, 0) is 9.47 Å². The van der Waals surface area contributed by atoms with E-state index in [1.54, 1.807) is 7.11 Å². The first kappa shape index (κ1) is 24.5. The Morgan fingerprint density at radius 2 is 1.96 bits per heavy atom. The van der Waals surface area contributed by atoms with Crippen molar-refractivity contribution in [1.82, 2.24) is 10.2 Å². The number of ether oxygens (including phenoxy) is 2. The van der Waals surface area contributed by atoms with E-state index in [-0.39, 0.29) is 24.0 Å². The van der Waals surface area contributed by atoms with Gasteiger partial charge in [-0.1, -0.05) is 18.2 Å². The predicted octanol–water partition coefficient (Wildman–Crippen LogP) is 3.88. The number of hydrogen-bond acceptors (Lipinski definition) is 4. The Morgan fingerprint density at radius 3 is 2.63 bits per heavy atom. The minimum absolute atomic E-state index is 0. The molecule has 1 heterocycles.